The van der Waals surface area contributed by atoms with Crippen LogP contribution in [0.1, 0.15) is 23.7 Å². The zero-order chi connectivity index (χ0) is 13.1. The van der Waals surface area contributed by atoms with Crippen LogP contribution in [-0.2, 0) is 4.74 Å². The molecule has 0 spiro atoms. The van der Waals surface area contributed by atoms with Crippen molar-refractivity contribution in [3.05, 3.63) is 23.8 Å². The third-order valence-corrected chi connectivity index (χ3v) is 3.28. The average Bonchev–Trinajstić information content (AvgIpc) is 2.38. The number of primary amides is 1. The predicted octanol–water partition coefficient (Wildman–Crippen LogP) is 0.983. The van der Waals surface area contributed by atoms with E-state index in [-0.39, 0.29) is 6.10 Å². The van der Waals surface area contributed by atoms with Gasteiger partial charge in [0.2, 0.25) is 0 Å². The minimum atomic E-state index is -0.491. The molecule has 1 heterocycles. The van der Waals surface area contributed by atoms with Crippen molar-refractivity contribution < 1.29 is 9.53 Å². The van der Waals surface area contributed by atoms with Crippen molar-refractivity contribution in [2.75, 3.05) is 30.3 Å². The summed E-state index contributed by atoms with van der Waals surface area (Å²) in [6.07, 6.45) is 1.18. The highest BCUT2D eigenvalue weighted by molar-refractivity contribution is 6.00. The number of para-hydroxylation sites is 1. The van der Waals surface area contributed by atoms with E-state index in [9.17, 15) is 4.79 Å². The summed E-state index contributed by atoms with van der Waals surface area (Å²) in [5.41, 5.74) is 13.0. The van der Waals surface area contributed by atoms with Gasteiger partial charge in [-0.1, -0.05) is 13.0 Å². The maximum atomic E-state index is 11.3. The van der Waals surface area contributed by atoms with Crippen LogP contribution in [0.25, 0.3) is 0 Å². The van der Waals surface area contributed by atoms with Crippen molar-refractivity contribution in [1.29, 1.82) is 0 Å². The highest BCUT2D eigenvalue weighted by atomic mass is 16.5. The van der Waals surface area contributed by atoms with Crippen LogP contribution >= 0.6 is 0 Å². The molecule has 1 aromatic rings. The molecule has 1 aliphatic heterocycles. The summed E-state index contributed by atoms with van der Waals surface area (Å²) >= 11 is 0. The molecule has 1 saturated heterocycles. The van der Waals surface area contributed by atoms with E-state index < -0.39 is 5.91 Å². The second kappa shape index (κ2) is 5.27. The number of anilines is 2. The van der Waals surface area contributed by atoms with Gasteiger partial charge in [0.25, 0.3) is 5.91 Å². The first kappa shape index (κ1) is 12.7. The molecule has 18 heavy (non-hydrogen) atoms. The number of hydrogen-bond acceptors (Lipinski definition) is 4. The summed E-state index contributed by atoms with van der Waals surface area (Å²) in [6, 6.07) is 5.38. The van der Waals surface area contributed by atoms with E-state index in [1.807, 2.05) is 12.1 Å². The number of nitrogens with zero attached hydrogens (tertiary/aromatic N) is 1. The van der Waals surface area contributed by atoms with Crippen LogP contribution in [0.15, 0.2) is 18.2 Å². The number of benzene rings is 1. The summed E-state index contributed by atoms with van der Waals surface area (Å²) < 4.78 is 5.62. The first-order valence-electron chi connectivity index (χ1n) is 6.18. The summed E-state index contributed by atoms with van der Waals surface area (Å²) in [7, 11) is 0. The molecular formula is C13H19N3O2. The predicted molar refractivity (Wildman–Crippen MR) is 71.6 cm³/mol. The molecule has 1 fully saturated rings. The van der Waals surface area contributed by atoms with Crippen LogP contribution in [0.5, 0.6) is 0 Å². The van der Waals surface area contributed by atoms with E-state index in [4.69, 9.17) is 16.2 Å². The summed E-state index contributed by atoms with van der Waals surface area (Å²) in [5.74, 6) is -0.491. The fourth-order valence-electron chi connectivity index (χ4n) is 2.23. The van der Waals surface area contributed by atoms with Gasteiger partial charge < -0.3 is 21.1 Å². The topological polar surface area (TPSA) is 81.6 Å². The first-order valence-corrected chi connectivity index (χ1v) is 6.18. The minimum absolute atomic E-state index is 0.218. The number of amides is 1. The van der Waals surface area contributed by atoms with Crippen molar-refractivity contribution in [1.82, 2.24) is 0 Å². The average molecular weight is 249 g/mol. The first-order chi connectivity index (χ1) is 8.63. The second-order valence-electron chi connectivity index (χ2n) is 4.45. The number of morpholine rings is 1. The smallest absolute Gasteiger partial charge is 0.250 e. The Kier molecular flexibility index (Phi) is 3.72. The molecule has 1 atom stereocenters. The molecule has 5 nitrogen and oxygen atoms in total. The minimum Gasteiger partial charge on any atom is -0.396 e. The summed E-state index contributed by atoms with van der Waals surface area (Å²) in [4.78, 5) is 13.4. The Bertz CT molecular complexity index is 448. The fraction of sp³-hybridized carbons (Fsp3) is 0.462. The molecule has 4 N–H and O–H groups in total. The van der Waals surface area contributed by atoms with Gasteiger partial charge in [-0.25, -0.2) is 0 Å². The van der Waals surface area contributed by atoms with Crippen LogP contribution in [0.2, 0.25) is 0 Å². The van der Waals surface area contributed by atoms with E-state index in [1.165, 1.54) is 0 Å². The number of hydrogen-bond donors (Lipinski definition) is 2. The third-order valence-electron chi connectivity index (χ3n) is 3.28. The molecule has 0 aliphatic carbocycles. The Hall–Kier alpha value is -1.75. The standard InChI is InChI=1S/C13H19N3O2/c1-2-9-8-16(6-7-18-9)11-5-3-4-10(12(11)14)13(15)17/h3-5,9H,2,6-8,14H2,1H3,(H2,15,17). The van der Waals surface area contributed by atoms with Crippen LogP contribution in [-0.4, -0.2) is 31.7 Å². The zero-order valence-electron chi connectivity index (χ0n) is 10.6. The van der Waals surface area contributed by atoms with Crippen molar-refractivity contribution in [2.24, 2.45) is 5.73 Å². The maximum absolute atomic E-state index is 11.3. The quantitative estimate of drug-likeness (QED) is 0.782. The molecule has 1 aliphatic rings. The highest BCUT2D eigenvalue weighted by Crippen LogP contribution is 2.28. The van der Waals surface area contributed by atoms with Crippen molar-refractivity contribution >= 4 is 17.3 Å². The van der Waals surface area contributed by atoms with Gasteiger partial charge in [-0.05, 0) is 18.6 Å². The monoisotopic (exact) mass is 249 g/mol. The number of rotatable bonds is 3. The molecule has 1 amide bonds. The largest absolute Gasteiger partial charge is 0.396 e. The lowest BCUT2D eigenvalue weighted by atomic mass is 10.1. The number of ether oxygens (including phenoxy) is 1. The molecule has 98 valence electrons. The summed E-state index contributed by atoms with van der Waals surface area (Å²) in [5, 5.41) is 0. The molecule has 1 unspecified atom stereocenters. The molecule has 5 heteroatoms. The third kappa shape index (κ3) is 2.41. The molecule has 0 saturated carbocycles. The highest BCUT2D eigenvalue weighted by Gasteiger charge is 2.22. The van der Waals surface area contributed by atoms with Crippen molar-refractivity contribution in [2.45, 2.75) is 19.4 Å². The van der Waals surface area contributed by atoms with Gasteiger partial charge in [0, 0.05) is 13.1 Å². The molecular weight excluding hydrogens is 230 g/mol. The Morgan fingerprint density at radius 3 is 3.00 bits per heavy atom. The molecule has 2 rings (SSSR count). The van der Waals surface area contributed by atoms with Gasteiger partial charge in [0.05, 0.1) is 29.6 Å². The van der Waals surface area contributed by atoms with Crippen LogP contribution < -0.4 is 16.4 Å². The van der Waals surface area contributed by atoms with Crippen LogP contribution in [0.4, 0.5) is 11.4 Å². The molecule has 1 aromatic carbocycles. The Morgan fingerprint density at radius 2 is 2.33 bits per heavy atom. The molecule has 0 aromatic heterocycles. The molecule has 0 bridgehead atoms. The number of nitrogens with two attached hydrogens (primary N) is 2. The van der Waals surface area contributed by atoms with Crippen LogP contribution in [0.3, 0.4) is 0 Å². The van der Waals surface area contributed by atoms with E-state index in [2.05, 4.69) is 11.8 Å². The fourth-order valence-corrected chi connectivity index (χ4v) is 2.23. The number of carbonyl (C=O) groups excluding carboxylic acids is 1. The second-order valence-corrected chi connectivity index (χ2v) is 4.45. The lowest BCUT2D eigenvalue weighted by molar-refractivity contribution is 0.0385. The lowest BCUT2D eigenvalue weighted by Gasteiger charge is -2.35. The Labute approximate surface area is 107 Å². The van der Waals surface area contributed by atoms with Gasteiger partial charge in [-0.3, -0.25) is 4.79 Å². The van der Waals surface area contributed by atoms with Crippen molar-refractivity contribution in [3.8, 4) is 0 Å². The SMILES string of the molecule is CCC1CN(c2cccc(C(N)=O)c2N)CCO1. The lowest BCUT2D eigenvalue weighted by Crippen LogP contribution is -2.42. The molecule has 0 radical (unpaired) electrons. The van der Waals surface area contributed by atoms with Crippen molar-refractivity contribution in [3.63, 3.8) is 0 Å². The van der Waals surface area contributed by atoms with Gasteiger partial charge in [0.1, 0.15) is 0 Å². The van der Waals surface area contributed by atoms with E-state index in [0.717, 1.165) is 25.2 Å². The zero-order valence-corrected chi connectivity index (χ0v) is 10.6. The van der Waals surface area contributed by atoms with Crippen LogP contribution in [0, 0.1) is 0 Å². The normalized spacial score (nSPS) is 19.8. The van der Waals surface area contributed by atoms with E-state index in [1.54, 1.807) is 6.07 Å². The van der Waals surface area contributed by atoms with Gasteiger partial charge >= 0.3 is 0 Å². The number of nitrogen functional groups attached to an aromatic ring is 1. The van der Waals surface area contributed by atoms with Gasteiger partial charge in [0.15, 0.2) is 0 Å². The van der Waals surface area contributed by atoms with Gasteiger partial charge in [-0.2, -0.15) is 0 Å². The maximum Gasteiger partial charge on any atom is 0.250 e. The van der Waals surface area contributed by atoms with E-state index in [0.29, 0.717) is 17.9 Å². The van der Waals surface area contributed by atoms with E-state index >= 15 is 0 Å². The Balaban J connectivity index is 2.27. The Morgan fingerprint density at radius 1 is 1.56 bits per heavy atom. The summed E-state index contributed by atoms with van der Waals surface area (Å²) in [6.45, 7) is 4.35. The number of carbonyl (C=O) groups is 1. The van der Waals surface area contributed by atoms with Gasteiger partial charge in [-0.15, -0.1) is 0 Å².